The molecular weight excluding hydrogens is 448 g/mol. The lowest BCUT2D eigenvalue weighted by Gasteiger charge is -2.19. The lowest BCUT2D eigenvalue weighted by Crippen LogP contribution is -2.31. The number of imide groups is 1. The van der Waals surface area contributed by atoms with Gasteiger partial charge in [0.05, 0.1) is 29.0 Å². The van der Waals surface area contributed by atoms with Gasteiger partial charge in [-0.3, -0.25) is 14.7 Å². The molecule has 0 unspecified atom stereocenters. The number of ether oxygens (including phenoxy) is 2. The summed E-state index contributed by atoms with van der Waals surface area (Å²) in [4.78, 5) is 40.8. The first-order valence-electron chi connectivity index (χ1n) is 10.8. The molecule has 0 atom stereocenters. The predicted octanol–water partition coefficient (Wildman–Crippen LogP) is 3.74. The highest BCUT2D eigenvalue weighted by atomic mass is 16.6. The lowest BCUT2D eigenvalue weighted by molar-refractivity contribution is 0.0389. The molecule has 1 N–H and O–H groups in total. The molecule has 2 heterocycles. The maximum absolute atomic E-state index is 13.5. The van der Waals surface area contributed by atoms with Crippen molar-refractivity contribution in [1.82, 2.24) is 15.4 Å². The number of rotatable bonds is 7. The number of aromatic amines is 1. The summed E-state index contributed by atoms with van der Waals surface area (Å²) in [5.74, 6) is -1.71. The number of carbonyl (C=O) groups is 3. The molecule has 9 nitrogen and oxygen atoms in total. The monoisotopic (exact) mass is 468 g/mol. The molecule has 0 aliphatic carbocycles. The zero-order valence-electron chi connectivity index (χ0n) is 18.7. The fourth-order valence-electron chi connectivity index (χ4n) is 3.96. The molecule has 1 aromatic heterocycles. The number of amides is 2. The zero-order chi connectivity index (χ0) is 24.4. The average Bonchev–Trinajstić information content (AvgIpc) is 3.51. The quantitative estimate of drug-likeness (QED) is 0.250. The summed E-state index contributed by atoms with van der Waals surface area (Å²) >= 11 is 0. The van der Waals surface area contributed by atoms with E-state index < -0.39 is 17.8 Å². The van der Waals surface area contributed by atoms with E-state index in [0.717, 1.165) is 16.0 Å². The third-order valence-corrected chi connectivity index (χ3v) is 5.69. The maximum atomic E-state index is 13.5. The Hall–Kier alpha value is -4.63. The van der Waals surface area contributed by atoms with Gasteiger partial charge >= 0.3 is 5.97 Å². The van der Waals surface area contributed by atoms with Crippen LogP contribution in [0.1, 0.15) is 31.1 Å². The minimum Gasteiger partial charge on any atom is -0.460 e. The van der Waals surface area contributed by atoms with E-state index in [1.165, 1.54) is 7.11 Å². The topological polar surface area (TPSA) is 114 Å². The highest BCUT2D eigenvalue weighted by Gasteiger charge is 2.39. The molecule has 0 fully saturated rings. The molecule has 1 aliphatic rings. The summed E-state index contributed by atoms with van der Waals surface area (Å²) in [5, 5.41) is 10.3. The van der Waals surface area contributed by atoms with Crippen molar-refractivity contribution in [3.8, 4) is 22.4 Å². The second-order valence-corrected chi connectivity index (χ2v) is 7.79. The van der Waals surface area contributed by atoms with E-state index in [9.17, 15) is 14.4 Å². The van der Waals surface area contributed by atoms with Gasteiger partial charge in [0, 0.05) is 18.9 Å². The summed E-state index contributed by atoms with van der Waals surface area (Å²) in [7, 11) is 1.50. The molecule has 9 heteroatoms. The average molecular weight is 468 g/mol. The number of nitrogens with one attached hydrogen (secondary N) is 1. The third kappa shape index (κ3) is 4.09. The normalized spacial score (nSPS) is 12.7. The highest BCUT2D eigenvalue weighted by molar-refractivity contribution is 6.35. The van der Waals surface area contributed by atoms with Crippen LogP contribution in [0.3, 0.4) is 0 Å². The molecule has 2 amide bonds. The minimum atomic E-state index is -0.656. The molecule has 5 rings (SSSR count). The molecule has 0 spiro atoms. The van der Waals surface area contributed by atoms with Gasteiger partial charge in [0.25, 0.3) is 11.8 Å². The Morgan fingerprint density at radius 2 is 1.66 bits per heavy atom. The maximum Gasteiger partial charge on any atom is 0.340 e. The summed E-state index contributed by atoms with van der Waals surface area (Å²) in [6.45, 7) is 0.263. The molecule has 4 aromatic rings. The lowest BCUT2D eigenvalue weighted by atomic mass is 10.0. The Kier molecular flexibility index (Phi) is 5.90. The van der Waals surface area contributed by atoms with Gasteiger partial charge in [0.1, 0.15) is 12.3 Å². The van der Waals surface area contributed by atoms with Crippen LogP contribution in [0.2, 0.25) is 0 Å². The number of carbonyl (C=O) groups excluding carboxylic acids is 3. The number of fused-ring (bicyclic) bond motifs is 1. The molecule has 3 aromatic carbocycles. The van der Waals surface area contributed by atoms with Gasteiger partial charge in [0.15, 0.2) is 0 Å². The van der Waals surface area contributed by atoms with Gasteiger partial charge in [0.2, 0.25) is 0 Å². The van der Waals surface area contributed by atoms with Crippen molar-refractivity contribution in [2.24, 2.45) is 0 Å². The van der Waals surface area contributed by atoms with Crippen LogP contribution in [0.15, 0.2) is 72.9 Å². The van der Waals surface area contributed by atoms with Crippen LogP contribution in [-0.2, 0) is 9.47 Å². The first kappa shape index (κ1) is 22.2. The fraction of sp³-hybridized carbons (Fsp3) is 0.115. The second kappa shape index (κ2) is 9.32. The second-order valence-electron chi connectivity index (χ2n) is 7.79. The number of hydrogen-bond donors (Lipinski definition) is 1. The summed E-state index contributed by atoms with van der Waals surface area (Å²) in [6, 6.07) is 19.3. The first-order chi connectivity index (χ1) is 17.1. The van der Waals surface area contributed by atoms with Crippen LogP contribution < -0.4 is 4.90 Å². The standard InChI is InChI=1S/C26H20N4O5/c1-34-11-12-35-26(33)20-10-7-17(16-5-3-2-4-6-16)14-23(20)30-24(31)19-9-8-18(13-21(19)25(30)32)22-15-27-29-28-22/h2-10,13-15H,11-12H2,1H3,(H,27,28,29). The zero-order valence-corrected chi connectivity index (χ0v) is 18.7. The van der Waals surface area contributed by atoms with Crippen LogP contribution in [-0.4, -0.2) is 53.5 Å². The van der Waals surface area contributed by atoms with E-state index >= 15 is 0 Å². The Bertz CT molecular complexity index is 1420. The number of nitrogens with zero attached hydrogens (tertiary/aromatic N) is 3. The van der Waals surface area contributed by atoms with Gasteiger partial charge in [-0.05, 0) is 35.4 Å². The van der Waals surface area contributed by atoms with Crippen molar-refractivity contribution in [1.29, 1.82) is 0 Å². The van der Waals surface area contributed by atoms with Gasteiger partial charge in [-0.2, -0.15) is 0 Å². The first-order valence-corrected chi connectivity index (χ1v) is 10.8. The van der Waals surface area contributed by atoms with Gasteiger partial charge in [-0.1, -0.05) is 47.7 Å². The smallest absolute Gasteiger partial charge is 0.340 e. The number of esters is 1. The third-order valence-electron chi connectivity index (χ3n) is 5.69. The summed E-state index contributed by atoms with van der Waals surface area (Å²) in [6.07, 6.45) is 1.60. The van der Waals surface area contributed by atoms with Crippen LogP contribution in [0.25, 0.3) is 22.4 Å². The van der Waals surface area contributed by atoms with E-state index in [2.05, 4.69) is 15.4 Å². The Labute approximate surface area is 200 Å². The molecule has 174 valence electrons. The number of methoxy groups -OCH3 is 1. The van der Waals surface area contributed by atoms with Crippen LogP contribution in [0, 0.1) is 0 Å². The van der Waals surface area contributed by atoms with Crippen molar-refractivity contribution < 1.29 is 23.9 Å². The van der Waals surface area contributed by atoms with Crippen molar-refractivity contribution in [3.05, 3.63) is 89.6 Å². The SMILES string of the molecule is COCCOC(=O)c1ccc(-c2ccccc2)cc1N1C(=O)c2ccc(-c3c[nH]nn3)cc2C1=O. The summed E-state index contributed by atoms with van der Waals surface area (Å²) < 4.78 is 10.2. The van der Waals surface area contributed by atoms with Crippen molar-refractivity contribution in [2.75, 3.05) is 25.2 Å². The van der Waals surface area contributed by atoms with Crippen LogP contribution >= 0.6 is 0 Å². The van der Waals surface area contributed by atoms with Gasteiger partial charge in [-0.15, -0.1) is 5.10 Å². The molecule has 0 bridgehead atoms. The largest absolute Gasteiger partial charge is 0.460 e. The van der Waals surface area contributed by atoms with Crippen molar-refractivity contribution in [3.63, 3.8) is 0 Å². The number of H-pyrrole nitrogens is 1. The van der Waals surface area contributed by atoms with Crippen molar-refractivity contribution in [2.45, 2.75) is 0 Å². The van der Waals surface area contributed by atoms with Gasteiger partial charge in [-0.25, -0.2) is 9.69 Å². The molecule has 1 aliphatic heterocycles. The van der Waals surface area contributed by atoms with Crippen LogP contribution in [0.4, 0.5) is 5.69 Å². The van der Waals surface area contributed by atoms with E-state index in [1.54, 1.807) is 42.6 Å². The molecule has 35 heavy (non-hydrogen) atoms. The number of benzene rings is 3. The van der Waals surface area contributed by atoms with E-state index in [0.29, 0.717) is 11.3 Å². The molecule has 0 saturated heterocycles. The highest BCUT2D eigenvalue weighted by Crippen LogP contribution is 2.35. The Balaban J connectivity index is 1.58. The van der Waals surface area contributed by atoms with Gasteiger partial charge < -0.3 is 9.47 Å². The number of aromatic nitrogens is 3. The molecule has 0 radical (unpaired) electrons. The number of hydrogen-bond acceptors (Lipinski definition) is 7. The van der Waals surface area contributed by atoms with E-state index in [4.69, 9.17) is 9.47 Å². The van der Waals surface area contributed by atoms with E-state index in [-0.39, 0.29) is 35.6 Å². The van der Waals surface area contributed by atoms with Crippen molar-refractivity contribution >= 4 is 23.5 Å². The van der Waals surface area contributed by atoms with E-state index in [1.807, 2.05) is 30.3 Å². The Morgan fingerprint density at radius 1 is 0.886 bits per heavy atom. The number of anilines is 1. The summed E-state index contributed by atoms with van der Waals surface area (Å²) in [5.41, 5.74) is 3.52. The fourth-order valence-corrected chi connectivity index (χ4v) is 3.96. The minimum absolute atomic E-state index is 0.0401. The van der Waals surface area contributed by atoms with Crippen LogP contribution in [0.5, 0.6) is 0 Å². The predicted molar refractivity (Wildman–Crippen MR) is 127 cm³/mol. The molecule has 0 saturated carbocycles. The Morgan fingerprint density at radius 3 is 2.40 bits per heavy atom. The molecular formula is C26H20N4O5.